The Morgan fingerprint density at radius 1 is 0.919 bits per heavy atom. The molecule has 5 aromatic rings. The number of benzene rings is 2. The number of nitrogens with zero attached hydrogens (tertiary/aromatic N) is 6. The van der Waals surface area contributed by atoms with Gasteiger partial charge in [-0.25, -0.2) is 0 Å². The Bertz CT molecular complexity index is 1620. The highest BCUT2D eigenvalue weighted by Crippen LogP contribution is 2.35. The number of fused-ring (bicyclic) bond motifs is 1. The fraction of sp³-hybridized carbons (Fsp3) is 0.0800. The predicted octanol–water partition coefficient (Wildman–Crippen LogP) is 4.03. The number of nitro benzene ring substituents is 1. The second-order valence-electron chi connectivity index (χ2n) is 7.76. The monoisotopic (exact) mass is 497 g/mol. The number of ether oxygens (including phenoxy) is 2. The number of hydrogen-bond acceptors (Lipinski definition) is 9. The van der Waals surface area contributed by atoms with Crippen molar-refractivity contribution in [2.75, 3.05) is 19.5 Å². The van der Waals surface area contributed by atoms with Gasteiger partial charge in [-0.15, -0.1) is 10.2 Å². The highest BCUT2D eigenvalue weighted by Gasteiger charge is 2.24. The normalized spacial score (nSPS) is 10.8. The van der Waals surface area contributed by atoms with Gasteiger partial charge in [0, 0.05) is 35.3 Å². The zero-order valence-corrected chi connectivity index (χ0v) is 19.7. The Morgan fingerprint density at radius 3 is 2.30 bits per heavy atom. The maximum Gasteiger partial charge on any atom is 0.286 e. The third-order valence-electron chi connectivity index (χ3n) is 5.58. The Labute approximate surface area is 209 Å². The van der Waals surface area contributed by atoms with Crippen molar-refractivity contribution in [2.24, 2.45) is 0 Å². The number of nitro groups is 1. The molecule has 0 atom stereocenters. The van der Waals surface area contributed by atoms with E-state index in [4.69, 9.17) is 9.47 Å². The van der Waals surface area contributed by atoms with Crippen LogP contribution in [0.1, 0.15) is 10.4 Å². The largest absolute Gasteiger partial charge is 0.493 e. The minimum atomic E-state index is -0.661. The van der Waals surface area contributed by atoms with Crippen molar-refractivity contribution < 1.29 is 19.2 Å². The molecule has 0 aliphatic carbocycles. The maximum absolute atomic E-state index is 12.9. The van der Waals surface area contributed by atoms with Crippen molar-refractivity contribution in [3.05, 3.63) is 88.7 Å². The van der Waals surface area contributed by atoms with Crippen LogP contribution in [0.15, 0.2) is 73.1 Å². The molecular weight excluding hydrogens is 478 g/mol. The predicted molar refractivity (Wildman–Crippen MR) is 134 cm³/mol. The minimum Gasteiger partial charge on any atom is -0.493 e. The molecular formula is C25H19N7O5. The molecule has 5 rings (SSSR count). The number of carbonyl (C=O) groups excluding carboxylic acids is 1. The molecule has 37 heavy (non-hydrogen) atoms. The van der Waals surface area contributed by atoms with Gasteiger partial charge < -0.3 is 14.8 Å². The summed E-state index contributed by atoms with van der Waals surface area (Å²) in [5, 5.41) is 27.3. The fourth-order valence-corrected chi connectivity index (χ4v) is 3.75. The summed E-state index contributed by atoms with van der Waals surface area (Å²) < 4.78 is 11.9. The van der Waals surface area contributed by atoms with Gasteiger partial charge in [-0.3, -0.25) is 19.9 Å². The zero-order chi connectivity index (χ0) is 25.9. The molecule has 3 aromatic heterocycles. The van der Waals surface area contributed by atoms with E-state index in [0.29, 0.717) is 22.9 Å². The molecule has 0 bridgehead atoms. The van der Waals surface area contributed by atoms with Crippen molar-refractivity contribution in [3.8, 4) is 34.1 Å². The van der Waals surface area contributed by atoms with E-state index in [-0.39, 0.29) is 17.1 Å². The third-order valence-corrected chi connectivity index (χ3v) is 5.58. The van der Waals surface area contributed by atoms with Crippen LogP contribution in [0.5, 0.6) is 11.5 Å². The van der Waals surface area contributed by atoms with Crippen LogP contribution in [-0.4, -0.2) is 49.8 Å². The minimum absolute atomic E-state index is 0.153. The molecule has 184 valence electrons. The lowest BCUT2D eigenvalue weighted by molar-refractivity contribution is -0.385. The number of nitrogens with one attached hydrogen (secondary N) is 1. The van der Waals surface area contributed by atoms with E-state index < -0.39 is 16.5 Å². The number of aromatic nitrogens is 5. The first-order chi connectivity index (χ1) is 18.0. The van der Waals surface area contributed by atoms with Crippen molar-refractivity contribution >= 4 is 22.9 Å². The number of pyridine rings is 1. The van der Waals surface area contributed by atoms with Crippen LogP contribution in [0.25, 0.3) is 28.3 Å². The lowest BCUT2D eigenvalue weighted by atomic mass is 10.1. The Hall–Kier alpha value is -5.39. The van der Waals surface area contributed by atoms with Crippen molar-refractivity contribution in [1.82, 2.24) is 24.8 Å². The maximum atomic E-state index is 12.9. The molecule has 1 amide bonds. The number of carbonyl (C=O) groups is 1. The van der Waals surface area contributed by atoms with E-state index in [0.717, 1.165) is 17.2 Å². The van der Waals surface area contributed by atoms with Gasteiger partial charge in [-0.2, -0.15) is 9.61 Å². The van der Waals surface area contributed by atoms with E-state index in [1.165, 1.54) is 20.3 Å². The van der Waals surface area contributed by atoms with Gasteiger partial charge in [0.1, 0.15) is 5.56 Å². The Kier molecular flexibility index (Phi) is 6.12. The Balaban J connectivity index is 1.41. The number of hydrogen-bond donors (Lipinski definition) is 1. The average Bonchev–Trinajstić information content (AvgIpc) is 3.36. The summed E-state index contributed by atoms with van der Waals surface area (Å²) >= 11 is 0. The van der Waals surface area contributed by atoms with Gasteiger partial charge in [0.25, 0.3) is 11.6 Å². The highest BCUT2D eigenvalue weighted by atomic mass is 16.6. The molecule has 0 saturated heterocycles. The summed E-state index contributed by atoms with van der Waals surface area (Å²) in [6.45, 7) is 0. The summed E-state index contributed by atoms with van der Waals surface area (Å²) in [6, 6.07) is 16.6. The molecule has 2 aromatic carbocycles. The number of amides is 1. The lowest BCUT2D eigenvalue weighted by Gasteiger charge is -2.11. The molecule has 0 fully saturated rings. The molecule has 0 aliphatic rings. The van der Waals surface area contributed by atoms with Crippen molar-refractivity contribution in [1.29, 1.82) is 0 Å². The second kappa shape index (κ2) is 9.70. The molecule has 0 aliphatic heterocycles. The molecule has 0 spiro atoms. The average molecular weight is 497 g/mol. The van der Waals surface area contributed by atoms with E-state index in [1.807, 2.05) is 24.3 Å². The summed E-state index contributed by atoms with van der Waals surface area (Å²) in [4.78, 5) is 27.8. The van der Waals surface area contributed by atoms with Crippen LogP contribution in [-0.2, 0) is 0 Å². The number of anilines is 1. The van der Waals surface area contributed by atoms with E-state index in [9.17, 15) is 14.9 Å². The molecule has 0 unspecified atom stereocenters. The van der Waals surface area contributed by atoms with E-state index >= 15 is 0 Å². The first kappa shape index (κ1) is 23.4. The number of rotatable bonds is 7. The highest BCUT2D eigenvalue weighted by molar-refractivity contribution is 6.07. The molecule has 1 N–H and O–H groups in total. The number of methoxy groups -OCH3 is 2. The van der Waals surface area contributed by atoms with Crippen LogP contribution in [0.2, 0.25) is 0 Å². The standard InChI is InChI=1S/C25H19N7O5/c1-36-21-13-18(20(32(34)35)14-22(21)37-2)25(33)27-17-5-3-15(4-6-17)19-7-8-23-28-29-24(31(23)30-19)16-9-11-26-12-10-16/h3-14H,1-2H3,(H,27,33). The van der Waals surface area contributed by atoms with Gasteiger partial charge in [-0.05, 0) is 36.4 Å². The van der Waals surface area contributed by atoms with Crippen LogP contribution < -0.4 is 14.8 Å². The van der Waals surface area contributed by atoms with Crippen LogP contribution in [0.3, 0.4) is 0 Å². The first-order valence-electron chi connectivity index (χ1n) is 10.9. The summed E-state index contributed by atoms with van der Waals surface area (Å²) in [5.74, 6) is 0.279. The summed E-state index contributed by atoms with van der Waals surface area (Å²) in [6.07, 6.45) is 3.34. The van der Waals surface area contributed by atoms with Gasteiger partial charge >= 0.3 is 0 Å². The van der Waals surface area contributed by atoms with Crippen LogP contribution in [0.4, 0.5) is 11.4 Å². The first-order valence-corrected chi connectivity index (χ1v) is 10.9. The van der Waals surface area contributed by atoms with Gasteiger partial charge in [-0.1, -0.05) is 12.1 Å². The van der Waals surface area contributed by atoms with Gasteiger partial charge in [0.2, 0.25) is 0 Å². The lowest BCUT2D eigenvalue weighted by Crippen LogP contribution is -2.14. The molecule has 12 nitrogen and oxygen atoms in total. The van der Waals surface area contributed by atoms with Crippen molar-refractivity contribution in [3.63, 3.8) is 0 Å². The van der Waals surface area contributed by atoms with Crippen molar-refractivity contribution in [2.45, 2.75) is 0 Å². The third kappa shape index (κ3) is 4.50. The summed E-state index contributed by atoms with van der Waals surface area (Å²) in [5.41, 5.74) is 2.76. The fourth-order valence-electron chi connectivity index (χ4n) is 3.75. The molecule has 3 heterocycles. The van der Waals surface area contributed by atoms with Crippen LogP contribution >= 0.6 is 0 Å². The molecule has 0 saturated carbocycles. The second-order valence-corrected chi connectivity index (χ2v) is 7.76. The zero-order valence-electron chi connectivity index (χ0n) is 19.7. The summed E-state index contributed by atoms with van der Waals surface area (Å²) in [7, 11) is 2.74. The molecule has 0 radical (unpaired) electrons. The van der Waals surface area contributed by atoms with E-state index in [1.54, 1.807) is 41.2 Å². The van der Waals surface area contributed by atoms with Gasteiger partial charge in [0.05, 0.1) is 30.9 Å². The topological polar surface area (TPSA) is 147 Å². The Morgan fingerprint density at radius 2 is 1.62 bits per heavy atom. The SMILES string of the molecule is COc1cc(C(=O)Nc2ccc(-c3ccc4nnc(-c5ccncc5)n4n3)cc2)c([N+](=O)[O-])cc1OC. The van der Waals surface area contributed by atoms with Crippen LogP contribution in [0, 0.1) is 10.1 Å². The van der Waals surface area contributed by atoms with Gasteiger partial charge in [0.15, 0.2) is 23.0 Å². The smallest absolute Gasteiger partial charge is 0.286 e. The van der Waals surface area contributed by atoms with E-state index in [2.05, 4.69) is 25.6 Å². The quantitative estimate of drug-likeness (QED) is 0.260. The molecule has 12 heteroatoms.